The van der Waals surface area contributed by atoms with Crippen LogP contribution in [0, 0.1) is 0 Å². The summed E-state index contributed by atoms with van der Waals surface area (Å²) in [5.74, 6) is 0.774. The molecule has 0 amide bonds. The maximum atomic E-state index is 9.81. The molecule has 0 aliphatic carbocycles. The summed E-state index contributed by atoms with van der Waals surface area (Å²) in [7, 11) is 0. The second kappa shape index (κ2) is 5.90. The number of benzene rings is 1. The molecule has 1 aromatic carbocycles. The third kappa shape index (κ3) is 2.99. The summed E-state index contributed by atoms with van der Waals surface area (Å²) in [5, 5.41) is 9.81. The van der Waals surface area contributed by atoms with Crippen LogP contribution in [-0.2, 0) is 0 Å². The molecule has 0 saturated carbocycles. The number of phenolic OH excluding ortho intramolecular Hbond substituents is 1. The van der Waals surface area contributed by atoms with Gasteiger partial charge < -0.3 is 10.8 Å². The molecule has 0 radical (unpaired) electrons. The van der Waals surface area contributed by atoms with Crippen molar-refractivity contribution in [2.24, 2.45) is 5.73 Å². The molecule has 0 aliphatic heterocycles. The second-order valence-electron chi connectivity index (χ2n) is 4.52. The van der Waals surface area contributed by atoms with Crippen LogP contribution >= 0.6 is 0 Å². The highest BCUT2D eigenvalue weighted by Crippen LogP contribution is 2.30. The van der Waals surface area contributed by atoms with Crippen molar-refractivity contribution in [3.8, 4) is 5.75 Å². The van der Waals surface area contributed by atoms with Crippen molar-refractivity contribution in [1.82, 2.24) is 0 Å². The Bertz CT molecular complexity index is 336. The van der Waals surface area contributed by atoms with Gasteiger partial charge in [0.25, 0.3) is 0 Å². The third-order valence-electron chi connectivity index (χ3n) is 3.22. The minimum atomic E-state index is 0.0911. The van der Waals surface area contributed by atoms with Crippen molar-refractivity contribution in [1.29, 1.82) is 0 Å². The summed E-state index contributed by atoms with van der Waals surface area (Å²) in [4.78, 5) is 0. The lowest BCUT2D eigenvalue weighted by Crippen LogP contribution is -2.10. The van der Waals surface area contributed by atoms with Crippen molar-refractivity contribution in [3.05, 3.63) is 29.3 Å². The third-order valence-corrected chi connectivity index (χ3v) is 3.22. The normalized spacial score (nSPS) is 14.8. The number of hydrogen-bond acceptors (Lipinski definition) is 2. The van der Waals surface area contributed by atoms with Crippen LogP contribution in [0.5, 0.6) is 5.75 Å². The average Bonchev–Trinajstić information content (AvgIpc) is 2.29. The van der Waals surface area contributed by atoms with Crippen LogP contribution in [-0.4, -0.2) is 5.11 Å². The van der Waals surface area contributed by atoms with Crippen molar-refractivity contribution >= 4 is 0 Å². The van der Waals surface area contributed by atoms with E-state index in [4.69, 9.17) is 5.73 Å². The summed E-state index contributed by atoms with van der Waals surface area (Å²) < 4.78 is 0. The Kier molecular flexibility index (Phi) is 4.81. The van der Waals surface area contributed by atoms with Gasteiger partial charge in [-0.05, 0) is 36.0 Å². The Labute approximate surface area is 98.5 Å². The average molecular weight is 221 g/mol. The second-order valence-corrected chi connectivity index (χ2v) is 4.52. The molecule has 0 fully saturated rings. The first-order chi connectivity index (χ1) is 7.60. The van der Waals surface area contributed by atoms with E-state index < -0.39 is 0 Å². The lowest BCUT2D eigenvalue weighted by molar-refractivity contribution is 0.461. The molecule has 2 atom stereocenters. The van der Waals surface area contributed by atoms with Gasteiger partial charge in [0.15, 0.2) is 0 Å². The van der Waals surface area contributed by atoms with Gasteiger partial charge in [0, 0.05) is 6.04 Å². The molecule has 0 heterocycles. The molecular formula is C14H23NO. The zero-order valence-corrected chi connectivity index (χ0v) is 10.5. The molecular weight excluding hydrogens is 198 g/mol. The summed E-state index contributed by atoms with van der Waals surface area (Å²) in [6.07, 6.45) is 3.10. The predicted octanol–water partition coefficient (Wildman–Crippen LogP) is 3.71. The van der Waals surface area contributed by atoms with Crippen molar-refractivity contribution in [2.75, 3.05) is 0 Å². The van der Waals surface area contributed by atoms with Crippen molar-refractivity contribution in [2.45, 2.75) is 52.0 Å². The molecule has 2 heteroatoms. The molecule has 0 spiro atoms. The maximum Gasteiger partial charge on any atom is 0.119 e. The maximum absolute atomic E-state index is 9.81. The molecule has 2 unspecified atom stereocenters. The van der Waals surface area contributed by atoms with Gasteiger partial charge in [-0.25, -0.2) is 0 Å². The quantitative estimate of drug-likeness (QED) is 0.796. The van der Waals surface area contributed by atoms with E-state index in [2.05, 4.69) is 26.8 Å². The molecule has 0 bridgehead atoms. The van der Waals surface area contributed by atoms with Crippen LogP contribution in [0.3, 0.4) is 0 Å². The van der Waals surface area contributed by atoms with E-state index in [-0.39, 0.29) is 6.04 Å². The topological polar surface area (TPSA) is 46.2 Å². The Morgan fingerprint density at radius 2 is 2.00 bits per heavy atom. The molecule has 2 nitrogen and oxygen atoms in total. The van der Waals surface area contributed by atoms with E-state index in [9.17, 15) is 5.11 Å². The minimum absolute atomic E-state index is 0.0911. The monoisotopic (exact) mass is 221 g/mol. The molecule has 16 heavy (non-hydrogen) atoms. The summed E-state index contributed by atoms with van der Waals surface area (Å²) in [6.45, 7) is 6.39. The van der Waals surface area contributed by atoms with Gasteiger partial charge >= 0.3 is 0 Å². The molecule has 1 aromatic rings. The molecule has 0 aliphatic rings. The Balaban J connectivity index is 2.97. The first-order valence-corrected chi connectivity index (χ1v) is 6.18. The summed E-state index contributed by atoms with van der Waals surface area (Å²) in [6, 6.07) is 5.85. The molecule has 90 valence electrons. The standard InChI is InChI=1S/C14H23NO/c1-4-6-13(15)11-7-8-14(16)12(9-11)10(3)5-2/h7-10,13,16H,4-6,15H2,1-3H3. The Hall–Kier alpha value is -1.02. The highest BCUT2D eigenvalue weighted by molar-refractivity contribution is 5.39. The molecule has 3 N–H and O–H groups in total. The number of aromatic hydroxyl groups is 1. The number of rotatable bonds is 5. The summed E-state index contributed by atoms with van der Waals surface area (Å²) in [5.41, 5.74) is 8.24. The lowest BCUT2D eigenvalue weighted by Gasteiger charge is -2.16. The van der Waals surface area contributed by atoms with E-state index in [0.29, 0.717) is 11.7 Å². The lowest BCUT2D eigenvalue weighted by atomic mass is 9.93. The van der Waals surface area contributed by atoms with Gasteiger partial charge in [0.1, 0.15) is 5.75 Å². The van der Waals surface area contributed by atoms with Crippen LogP contribution in [0.15, 0.2) is 18.2 Å². The van der Waals surface area contributed by atoms with Crippen molar-refractivity contribution in [3.63, 3.8) is 0 Å². The Morgan fingerprint density at radius 3 is 2.56 bits per heavy atom. The first kappa shape index (κ1) is 13.0. The molecule has 1 rings (SSSR count). The number of phenols is 1. The van der Waals surface area contributed by atoms with E-state index in [1.54, 1.807) is 6.07 Å². The van der Waals surface area contributed by atoms with Crippen LogP contribution in [0.4, 0.5) is 0 Å². The SMILES string of the molecule is CCCC(N)c1ccc(O)c(C(C)CC)c1. The van der Waals surface area contributed by atoms with Gasteiger partial charge in [0.05, 0.1) is 0 Å². The largest absolute Gasteiger partial charge is 0.508 e. The fourth-order valence-corrected chi connectivity index (χ4v) is 1.90. The minimum Gasteiger partial charge on any atom is -0.508 e. The zero-order valence-electron chi connectivity index (χ0n) is 10.5. The predicted molar refractivity (Wildman–Crippen MR) is 68.6 cm³/mol. The van der Waals surface area contributed by atoms with Crippen LogP contribution in [0.2, 0.25) is 0 Å². The van der Waals surface area contributed by atoms with Gasteiger partial charge in [-0.15, -0.1) is 0 Å². The summed E-state index contributed by atoms with van der Waals surface area (Å²) >= 11 is 0. The first-order valence-electron chi connectivity index (χ1n) is 6.18. The van der Waals surface area contributed by atoms with E-state index in [1.165, 1.54) is 0 Å². The van der Waals surface area contributed by atoms with Crippen molar-refractivity contribution < 1.29 is 5.11 Å². The van der Waals surface area contributed by atoms with Crippen LogP contribution < -0.4 is 5.73 Å². The fourth-order valence-electron chi connectivity index (χ4n) is 1.90. The highest BCUT2D eigenvalue weighted by Gasteiger charge is 2.12. The highest BCUT2D eigenvalue weighted by atomic mass is 16.3. The van der Waals surface area contributed by atoms with E-state index >= 15 is 0 Å². The van der Waals surface area contributed by atoms with Gasteiger partial charge in [-0.1, -0.05) is 39.3 Å². The zero-order chi connectivity index (χ0) is 12.1. The number of nitrogens with two attached hydrogens (primary N) is 1. The van der Waals surface area contributed by atoms with E-state index in [0.717, 1.165) is 30.4 Å². The van der Waals surface area contributed by atoms with Gasteiger partial charge in [0.2, 0.25) is 0 Å². The smallest absolute Gasteiger partial charge is 0.119 e. The van der Waals surface area contributed by atoms with E-state index in [1.807, 2.05) is 6.07 Å². The molecule has 0 aromatic heterocycles. The van der Waals surface area contributed by atoms with Crippen LogP contribution in [0.1, 0.15) is 63.1 Å². The van der Waals surface area contributed by atoms with Gasteiger partial charge in [-0.2, -0.15) is 0 Å². The fraction of sp³-hybridized carbons (Fsp3) is 0.571. The van der Waals surface area contributed by atoms with Gasteiger partial charge in [-0.3, -0.25) is 0 Å². The number of hydrogen-bond donors (Lipinski definition) is 2. The Morgan fingerprint density at radius 1 is 1.31 bits per heavy atom. The van der Waals surface area contributed by atoms with Crippen LogP contribution in [0.25, 0.3) is 0 Å². The molecule has 0 saturated heterocycles.